The van der Waals surface area contributed by atoms with E-state index in [2.05, 4.69) is 15.4 Å². The molecule has 0 saturated heterocycles. The first-order valence-corrected chi connectivity index (χ1v) is 7.36. The Balaban J connectivity index is 1.59. The number of anilines is 1. The summed E-state index contributed by atoms with van der Waals surface area (Å²) in [4.78, 5) is 14.7. The second-order valence-electron chi connectivity index (χ2n) is 5.01. The van der Waals surface area contributed by atoms with Gasteiger partial charge in [0, 0.05) is 13.0 Å². The van der Waals surface area contributed by atoms with Gasteiger partial charge in [-0.1, -0.05) is 30.3 Å². The molecular weight excluding hydrogens is 325 g/mol. The Hall–Kier alpha value is -2.42. The first-order valence-electron chi connectivity index (χ1n) is 7.36. The number of aromatic amines is 1. The summed E-state index contributed by atoms with van der Waals surface area (Å²) in [7, 11) is 0. The average molecular weight is 342 g/mol. The predicted molar refractivity (Wildman–Crippen MR) is 80.2 cm³/mol. The lowest BCUT2D eigenvalue weighted by atomic mass is 10.2. The van der Waals surface area contributed by atoms with Crippen LogP contribution in [0.2, 0.25) is 0 Å². The number of aromatic nitrogens is 3. The van der Waals surface area contributed by atoms with E-state index in [4.69, 9.17) is 4.74 Å². The topological polar surface area (TPSA) is 79.9 Å². The van der Waals surface area contributed by atoms with Gasteiger partial charge in [0.05, 0.1) is 6.61 Å². The van der Waals surface area contributed by atoms with Gasteiger partial charge in [-0.15, -0.1) is 5.10 Å². The second-order valence-corrected chi connectivity index (χ2v) is 5.01. The minimum absolute atomic E-state index is 0.112. The second kappa shape index (κ2) is 8.44. The molecule has 0 atom stereocenters. The van der Waals surface area contributed by atoms with E-state index in [1.165, 1.54) is 5.56 Å². The summed E-state index contributed by atoms with van der Waals surface area (Å²) in [5, 5.41) is 7.22. The first kappa shape index (κ1) is 17.9. The van der Waals surface area contributed by atoms with Gasteiger partial charge >= 0.3 is 6.18 Å². The number of rotatable bonds is 8. The molecule has 1 aromatic heterocycles. The number of nitrogens with one attached hydrogen (secondary N) is 2. The normalized spacial score (nSPS) is 11.5. The fourth-order valence-corrected chi connectivity index (χ4v) is 1.90. The molecule has 0 aliphatic carbocycles. The number of hydrogen-bond acceptors (Lipinski definition) is 4. The van der Waals surface area contributed by atoms with E-state index in [9.17, 15) is 18.0 Å². The van der Waals surface area contributed by atoms with Crippen molar-refractivity contribution >= 4 is 11.9 Å². The Morgan fingerprint density at radius 3 is 2.62 bits per heavy atom. The van der Waals surface area contributed by atoms with Gasteiger partial charge in [-0.2, -0.15) is 18.2 Å². The molecule has 1 aromatic carbocycles. The number of hydrogen-bond donors (Lipinski definition) is 2. The number of halogens is 3. The van der Waals surface area contributed by atoms with E-state index in [-0.39, 0.29) is 6.42 Å². The number of carbonyl (C=O) groups is 1. The van der Waals surface area contributed by atoms with E-state index in [1.54, 1.807) is 5.10 Å². The number of alkyl halides is 3. The van der Waals surface area contributed by atoms with Crippen molar-refractivity contribution in [1.29, 1.82) is 0 Å². The highest BCUT2D eigenvalue weighted by Gasteiger charge is 2.35. The minimum atomic E-state index is -4.62. The molecule has 0 saturated carbocycles. The van der Waals surface area contributed by atoms with Crippen LogP contribution in [0.5, 0.6) is 0 Å². The summed E-state index contributed by atoms with van der Waals surface area (Å²) in [5.41, 5.74) is 1.17. The molecule has 24 heavy (non-hydrogen) atoms. The third-order valence-electron chi connectivity index (χ3n) is 3.08. The van der Waals surface area contributed by atoms with Gasteiger partial charge < -0.3 is 4.74 Å². The van der Waals surface area contributed by atoms with Gasteiger partial charge in [-0.3, -0.25) is 15.2 Å². The van der Waals surface area contributed by atoms with Crippen molar-refractivity contribution in [3.05, 3.63) is 41.7 Å². The third kappa shape index (κ3) is 5.99. The van der Waals surface area contributed by atoms with Crippen LogP contribution in [0.1, 0.15) is 24.2 Å². The highest BCUT2D eigenvalue weighted by molar-refractivity contribution is 5.88. The molecule has 2 rings (SSSR count). The maximum absolute atomic E-state index is 12.3. The Kier molecular flexibility index (Phi) is 6.30. The summed E-state index contributed by atoms with van der Waals surface area (Å²) >= 11 is 0. The number of amides is 1. The quantitative estimate of drug-likeness (QED) is 0.723. The molecular formula is C15H17F3N4O2. The van der Waals surface area contributed by atoms with Crippen LogP contribution < -0.4 is 5.32 Å². The fourth-order valence-electron chi connectivity index (χ4n) is 1.90. The molecule has 0 fully saturated rings. The molecule has 0 unspecified atom stereocenters. The van der Waals surface area contributed by atoms with Crippen LogP contribution in [0, 0.1) is 0 Å². The fraction of sp³-hybridized carbons (Fsp3) is 0.400. The number of benzene rings is 1. The highest BCUT2D eigenvalue weighted by atomic mass is 19.4. The number of nitrogens with zero attached hydrogens (tertiary/aromatic N) is 2. The maximum atomic E-state index is 12.3. The standard InChI is InChI=1S/C15H17F3N4O2/c16-15(17,18)13-20-14(22-21-13)19-12(23)7-4-9-24-10-8-11-5-2-1-3-6-11/h1-3,5-6H,4,7-10H2,(H2,19,20,21,22,23). The van der Waals surface area contributed by atoms with E-state index in [0.29, 0.717) is 19.6 Å². The van der Waals surface area contributed by atoms with Crippen molar-refractivity contribution in [2.24, 2.45) is 0 Å². The average Bonchev–Trinajstić information content (AvgIpc) is 3.00. The summed E-state index contributed by atoms with van der Waals surface area (Å²) in [6, 6.07) is 9.85. The molecule has 2 N–H and O–H groups in total. The van der Waals surface area contributed by atoms with Gasteiger partial charge in [0.15, 0.2) is 0 Å². The summed E-state index contributed by atoms with van der Waals surface area (Å²) < 4.78 is 42.4. The molecule has 1 amide bonds. The smallest absolute Gasteiger partial charge is 0.381 e. The molecule has 0 radical (unpaired) electrons. The van der Waals surface area contributed by atoms with Crippen LogP contribution in [0.3, 0.4) is 0 Å². The van der Waals surface area contributed by atoms with Crippen molar-refractivity contribution in [2.75, 3.05) is 18.5 Å². The van der Waals surface area contributed by atoms with Gasteiger partial charge in [-0.25, -0.2) is 0 Å². The number of ether oxygens (including phenoxy) is 1. The monoisotopic (exact) mass is 342 g/mol. The van der Waals surface area contributed by atoms with Crippen LogP contribution in [-0.4, -0.2) is 34.3 Å². The Labute approximate surface area is 136 Å². The Morgan fingerprint density at radius 2 is 1.96 bits per heavy atom. The zero-order valence-corrected chi connectivity index (χ0v) is 12.8. The van der Waals surface area contributed by atoms with Gasteiger partial charge in [0.1, 0.15) is 0 Å². The molecule has 1 heterocycles. The van der Waals surface area contributed by atoms with Crippen LogP contribution in [0.25, 0.3) is 0 Å². The lowest BCUT2D eigenvalue weighted by molar-refractivity contribution is -0.144. The largest absolute Gasteiger partial charge is 0.451 e. The van der Waals surface area contributed by atoms with E-state index in [1.807, 2.05) is 30.3 Å². The molecule has 0 aliphatic heterocycles. The van der Waals surface area contributed by atoms with E-state index in [0.717, 1.165) is 6.42 Å². The molecule has 9 heteroatoms. The molecule has 0 spiro atoms. The first-order chi connectivity index (χ1) is 11.4. The van der Waals surface area contributed by atoms with Gasteiger partial charge in [0.25, 0.3) is 0 Å². The molecule has 6 nitrogen and oxygen atoms in total. The highest BCUT2D eigenvalue weighted by Crippen LogP contribution is 2.26. The van der Waals surface area contributed by atoms with Crippen LogP contribution >= 0.6 is 0 Å². The number of carbonyl (C=O) groups excluding carboxylic acids is 1. The Bertz CT molecular complexity index is 644. The van der Waals surface area contributed by atoms with Crippen molar-refractivity contribution in [3.8, 4) is 0 Å². The summed E-state index contributed by atoms with van der Waals surface area (Å²) in [5.74, 6) is -2.10. The van der Waals surface area contributed by atoms with Gasteiger partial charge in [0.2, 0.25) is 17.7 Å². The van der Waals surface area contributed by atoms with Gasteiger partial charge in [-0.05, 0) is 18.4 Å². The predicted octanol–water partition coefficient (Wildman–Crippen LogP) is 2.80. The van der Waals surface area contributed by atoms with Crippen molar-refractivity contribution < 1.29 is 22.7 Å². The zero-order chi connectivity index (χ0) is 17.4. The maximum Gasteiger partial charge on any atom is 0.451 e. The molecule has 0 bridgehead atoms. The van der Waals surface area contributed by atoms with Crippen molar-refractivity contribution in [3.63, 3.8) is 0 Å². The molecule has 2 aromatic rings. The molecule has 0 aliphatic rings. The van der Waals surface area contributed by atoms with Crippen LogP contribution in [0.15, 0.2) is 30.3 Å². The lowest BCUT2D eigenvalue weighted by Crippen LogP contribution is -2.14. The van der Waals surface area contributed by atoms with Crippen LogP contribution in [-0.2, 0) is 22.1 Å². The molecule has 130 valence electrons. The third-order valence-corrected chi connectivity index (χ3v) is 3.08. The summed E-state index contributed by atoms with van der Waals surface area (Å²) in [6.45, 7) is 0.934. The summed E-state index contributed by atoms with van der Waals surface area (Å²) in [6.07, 6.45) is -3.27. The van der Waals surface area contributed by atoms with Crippen molar-refractivity contribution in [1.82, 2.24) is 15.2 Å². The zero-order valence-electron chi connectivity index (χ0n) is 12.8. The van der Waals surface area contributed by atoms with Crippen LogP contribution in [0.4, 0.5) is 19.1 Å². The number of H-pyrrole nitrogens is 1. The minimum Gasteiger partial charge on any atom is -0.381 e. The van der Waals surface area contributed by atoms with E-state index < -0.39 is 23.9 Å². The van der Waals surface area contributed by atoms with E-state index >= 15 is 0 Å². The SMILES string of the molecule is O=C(CCCOCCc1ccccc1)Nc1n[nH]c(C(F)(F)F)n1. The Morgan fingerprint density at radius 1 is 1.21 bits per heavy atom. The lowest BCUT2D eigenvalue weighted by Gasteiger charge is -2.04. The van der Waals surface area contributed by atoms with Crippen molar-refractivity contribution in [2.45, 2.75) is 25.4 Å².